The maximum absolute atomic E-state index is 11.9. The molecule has 3 nitrogen and oxygen atoms in total. The molecular formula is C18H28N2O. The van der Waals surface area contributed by atoms with E-state index in [0.717, 1.165) is 0 Å². The second-order valence-corrected chi connectivity index (χ2v) is 6.39. The molecule has 0 bridgehead atoms. The van der Waals surface area contributed by atoms with Crippen molar-refractivity contribution in [3.8, 4) is 0 Å². The van der Waals surface area contributed by atoms with E-state index >= 15 is 0 Å². The second kappa shape index (κ2) is 8.18. The summed E-state index contributed by atoms with van der Waals surface area (Å²) in [6.07, 6.45) is 6.50. The summed E-state index contributed by atoms with van der Waals surface area (Å²) in [5, 5.41) is 6.45. The Morgan fingerprint density at radius 2 is 1.81 bits per heavy atom. The molecule has 21 heavy (non-hydrogen) atoms. The molecule has 116 valence electrons. The highest BCUT2D eigenvalue weighted by atomic mass is 16.1. The Hall–Kier alpha value is -1.35. The molecule has 0 heterocycles. The smallest absolute Gasteiger partial charge is 0.234 e. The van der Waals surface area contributed by atoms with Crippen LogP contribution in [-0.4, -0.2) is 18.5 Å². The first-order valence-electron chi connectivity index (χ1n) is 8.24. The fourth-order valence-corrected chi connectivity index (χ4v) is 3.26. The van der Waals surface area contributed by atoms with Crippen molar-refractivity contribution < 1.29 is 4.79 Å². The number of hydrogen-bond donors (Lipinski definition) is 2. The van der Waals surface area contributed by atoms with Crippen LogP contribution in [0, 0.1) is 5.92 Å². The lowest BCUT2D eigenvalue weighted by atomic mass is 9.81. The predicted octanol–water partition coefficient (Wildman–Crippen LogP) is 3.42. The van der Waals surface area contributed by atoms with Gasteiger partial charge >= 0.3 is 0 Å². The first-order valence-corrected chi connectivity index (χ1v) is 8.24. The van der Waals surface area contributed by atoms with E-state index in [-0.39, 0.29) is 11.9 Å². The predicted molar refractivity (Wildman–Crippen MR) is 87.0 cm³/mol. The first-order chi connectivity index (χ1) is 10.2. The zero-order chi connectivity index (χ0) is 15.1. The van der Waals surface area contributed by atoms with Gasteiger partial charge in [0.25, 0.3) is 0 Å². The molecule has 1 saturated carbocycles. The zero-order valence-corrected chi connectivity index (χ0v) is 13.3. The Morgan fingerprint density at radius 1 is 1.14 bits per heavy atom. The number of rotatable bonds is 6. The van der Waals surface area contributed by atoms with Crippen LogP contribution < -0.4 is 10.6 Å². The minimum atomic E-state index is 0.0849. The molecule has 1 aromatic carbocycles. The van der Waals surface area contributed by atoms with E-state index in [4.69, 9.17) is 0 Å². The highest BCUT2D eigenvalue weighted by Gasteiger charge is 2.25. The number of nitrogens with one attached hydrogen (secondary N) is 2. The fourth-order valence-electron chi connectivity index (χ4n) is 3.26. The molecule has 2 N–H and O–H groups in total. The van der Waals surface area contributed by atoms with Crippen molar-refractivity contribution in [2.75, 3.05) is 6.54 Å². The van der Waals surface area contributed by atoms with Crippen LogP contribution in [0.2, 0.25) is 0 Å². The van der Waals surface area contributed by atoms with Crippen molar-refractivity contribution in [2.24, 2.45) is 5.92 Å². The summed E-state index contributed by atoms with van der Waals surface area (Å²) in [5.41, 5.74) is 1.31. The molecule has 1 fully saturated rings. The van der Waals surface area contributed by atoms with E-state index in [1.54, 1.807) is 0 Å². The number of benzene rings is 1. The third kappa shape index (κ3) is 5.16. The normalized spacial score (nSPS) is 17.7. The number of carbonyl (C=O) groups is 1. The Morgan fingerprint density at radius 3 is 2.43 bits per heavy atom. The summed E-state index contributed by atoms with van der Waals surface area (Å²) in [6.45, 7) is 4.38. The van der Waals surface area contributed by atoms with Crippen molar-refractivity contribution in [1.29, 1.82) is 0 Å². The van der Waals surface area contributed by atoms with Crippen LogP contribution in [0.1, 0.15) is 57.6 Å². The van der Waals surface area contributed by atoms with Crippen LogP contribution >= 0.6 is 0 Å². The molecule has 0 aliphatic heterocycles. The van der Waals surface area contributed by atoms with Crippen LogP contribution in [0.25, 0.3) is 0 Å². The van der Waals surface area contributed by atoms with E-state index in [2.05, 4.69) is 34.9 Å². The molecule has 0 aromatic heterocycles. The lowest BCUT2D eigenvalue weighted by Gasteiger charge is -2.31. The van der Waals surface area contributed by atoms with Crippen molar-refractivity contribution in [2.45, 2.75) is 58.0 Å². The molecule has 1 amide bonds. The molecule has 0 spiro atoms. The Balaban J connectivity index is 2.00. The van der Waals surface area contributed by atoms with Gasteiger partial charge in [-0.1, -0.05) is 49.6 Å². The van der Waals surface area contributed by atoms with Gasteiger partial charge in [-0.15, -0.1) is 0 Å². The summed E-state index contributed by atoms with van der Waals surface area (Å²) < 4.78 is 0. The Bertz CT molecular complexity index is 424. The van der Waals surface area contributed by atoms with E-state index in [1.807, 2.05) is 19.9 Å². The first kappa shape index (κ1) is 16.0. The van der Waals surface area contributed by atoms with Gasteiger partial charge in [0.05, 0.1) is 6.54 Å². The molecule has 1 aliphatic rings. The lowest BCUT2D eigenvalue weighted by Crippen LogP contribution is -2.40. The lowest BCUT2D eigenvalue weighted by molar-refractivity contribution is -0.120. The van der Waals surface area contributed by atoms with E-state index < -0.39 is 0 Å². The van der Waals surface area contributed by atoms with Gasteiger partial charge in [0.1, 0.15) is 0 Å². The van der Waals surface area contributed by atoms with Gasteiger partial charge in [-0.25, -0.2) is 0 Å². The van der Waals surface area contributed by atoms with Crippen LogP contribution in [0.4, 0.5) is 0 Å². The molecule has 0 saturated heterocycles. The SMILES string of the molecule is CC(C)NC(=O)CNC(c1ccccc1)C1CCCCC1. The molecule has 1 aromatic rings. The van der Waals surface area contributed by atoms with Gasteiger partial charge in [-0.3, -0.25) is 4.79 Å². The summed E-state index contributed by atoms with van der Waals surface area (Å²) in [5.74, 6) is 0.731. The van der Waals surface area contributed by atoms with E-state index in [1.165, 1.54) is 37.7 Å². The van der Waals surface area contributed by atoms with Gasteiger partial charge in [0.2, 0.25) is 5.91 Å². The number of hydrogen-bond acceptors (Lipinski definition) is 2. The van der Waals surface area contributed by atoms with Crippen molar-refractivity contribution in [1.82, 2.24) is 10.6 Å². The molecular weight excluding hydrogens is 260 g/mol. The Kier molecular flexibility index (Phi) is 6.24. The molecule has 1 unspecified atom stereocenters. The molecule has 0 radical (unpaired) electrons. The minimum absolute atomic E-state index is 0.0849. The van der Waals surface area contributed by atoms with Crippen molar-refractivity contribution in [3.05, 3.63) is 35.9 Å². The highest BCUT2D eigenvalue weighted by Crippen LogP contribution is 2.34. The zero-order valence-electron chi connectivity index (χ0n) is 13.3. The largest absolute Gasteiger partial charge is 0.353 e. The third-order valence-electron chi connectivity index (χ3n) is 4.21. The summed E-state index contributed by atoms with van der Waals surface area (Å²) in [6, 6.07) is 11.1. The standard InChI is InChI=1S/C18H28N2O/c1-14(2)20-17(21)13-19-18(15-9-5-3-6-10-15)16-11-7-4-8-12-16/h3,5-6,9-10,14,16,18-19H,4,7-8,11-13H2,1-2H3,(H,20,21). The van der Waals surface area contributed by atoms with Crippen LogP contribution in [0.15, 0.2) is 30.3 Å². The fraction of sp³-hybridized carbons (Fsp3) is 0.611. The van der Waals surface area contributed by atoms with Gasteiger partial charge in [0.15, 0.2) is 0 Å². The third-order valence-corrected chi connectivity index (χ3v) is 4.21. The molecule has 1 aliphatic carbocycles. The average molecular weight is 288 g/mol. The minimum Gasteiger partial charge on any atom is -0.353 e. The molecule has 1 atom stereocenters. The van der Waals surface area contributed by atoms with Crippen LogP contribution in [0.5, 0.6) is 0 Å². The maximum Gasteiger partial charge on any atom is 0.234 e. The van der Waals surface area contributed by atoms with Crippen molar-refractivity contribution >= 4 is 5.91 Å². The molecule has 3 heteroatoms. The topological polar surface area (TPSA) is 41.1 Å². The van der Waals surface area contributed by atoms with Gasteiger partial charge < -0.3 is 10.6 Å². The molecule has 2 rings (SSSR count). The number of amides is 1. The van der Waals surface area contributed by atoms with Gasteiger partial charge in [-0.2, -0.15) is 0 Å². The summed E-state index contributed by atoms with van der Waals surface area (Å²) in [7, 11) is 0. The number of carbonyl (C=O) groups excluding carboxylic acids is 1. The van der Waals surface area contributed by atoms with Crippen molar-refractivity contribution in [3.63, 3.8) is 0 Å². The van der Waals surface area contributed by atoms with Gasteiger partial charge in [0, 0.05) is 12.1 Å². The second-order valence-electron chi connectivity index (χ2n) is 6.39. The van der Waals surface area contributed by atoms with Crippen LogP contribution in [-0.2, 0) is 4.79 Å². The monoisotopic (exact) mass is 288 g/mol. The quantitative estimate of drug-likeness (QED) is 0.842. The van der Waals surface area contributed by atoms with E-state index in [0.29, 0.717) is 18.5 Å². The summed E-state index contributed by atoms with van der Waals surface area (Å²) >= 11 is 0. The Labute approximate surface area is 128 Å². The summed E-state index contributed by atoms with van der Waals surface area (Å²) in [4.78, 5) is 11.9. The maximum atomic E-state index is 11.9. The highest BCUT2D eigenvalue weighted by molar-refractivity contribution is 5.78. The van der Waals surface area contributed by atoms with Crippen LogP contribution in [0.3, 0.4) is 0 Å². The van der Waals surface area contributed by atoms with Gasteiger partial charge in [-0.05, 0) is 38.2 Å². The van der Waals surface area contributed by atoms with E-state index in [9.17, 15) is 4.79 Å². The average Bonchev–Trinajstić information content (AvgIpc) is 2.49.